The summed E-state index contributed by atoms with van der Waals surface area (Å²) in [5.41, 5.74) is 6.75. The third-order valence-electron chi connectivity index (χ3n) is 6.94. The lowest BCUT2D eigenvalue weighted by Crippen LogP contribution is -2.28. The zero-order valence-electron chi connectivity index (χ0n) is 19.7. The molecular weight excluding hydrogens is 438 g/mol. The smallest absolute Gasteiger partial charge is 0.187 e. The average molecular weight is 466 g/mol. The molecule has 4 aromatic rings. The summed E-state index contributed by atoms with van der Waals surface area (Å²) in [5.74, 6) is 2.21. The number of imidazole rings is 1. The van der Waals surface area contributed by atoms with Crippen molar-refractivity contribution >= 4 is 16.9 Å². The lowest BCUT2D eigenvalue weighted by Gasteiger charge is -2.28. The van der Waals surface area contributed by atoms with Crippen molar-refractivity contribution < 1.29 is 9.47 Å². The quantitative estimate of drug-likeness (QED) is 0.419. The third kappa shape index (κ3) is 3.96. The maximum atomic E-state index is 7.33. The molecule has 4 heterocycles. The molecule has 2 aliphatic rings. The van der Waals surface area contributed by atoms with Crippen molar-refractivity contribution in [2.45, 2.75) is 6.42 Å². The maximum absolute atomic E-state index is 7.33. The van der Waals surface area contributed by atoms with Gasteiger partial charge in [0, 0.05) is 30.6 Å². The first-order valence-corrected chi connectivity index (χ1v) is 12.0. The number of fused-ring (bicyclic) bond motifs is 2. The Bertz CT molecular complexity index is 1410. The summed E-state index contributed by atoms with van der Waals surface area (Å²) < 4.78 is 14.5. The molecule has 0 amide bonds. The molecule has 1 fully saturated rings. The monoisotopic (exact) mass is 465 g/mol. The fraction of sp³-hybridized carbons (Fsp3) is 0.286. The Morgan fingerprint density at radius 3 is 2.83 bits per heavy atom. The fourth-order valence-corrected chi connectivity index (χ4v) is 4.97. The zero-order valence-corrected chi connectivity index (χ0v) is 19.7. The highest BCUT2D eigenvalue weighted by Crippen LogP contribution is 2.41. The second-order valence-electron chi connectivity index (χ2n) is 9.20. The minimum absolute atomic E-state index is 0.508. The van der Waals surface area contributed by atoms with Gasteiger partial charge in [0.1, 0.15) is 23.6 Å². The van der Waals surface area contributed by atoms with Crippen molar-refractivity contribution in [1.29, 1.82) is 0 Å². The highest BCUT2D eigenvalue weighted by atomic mass is 16.5. The predicted octanol–water partition coefficient (Wildman–Crippen LogP) is 5.04. The van der Waals surface area contributed by atoms with Gasteiger partial charge in [0.2, 0.25) is 0 Å². The van der Waals surface area contributed by atoms with E-state index in [0.29, 0.717) is 24.8 Å². The summed E-state index contributed by atoms with van der Waals surface area (Å²) in [6.45, 7) is 11.6. The van der Waals surface area contributed by atoms with E-state index in [1.54, 1.807) is 0 Å². The average Bonchev–Trinajstić information content (AvgIpc) is 3.59. The number of aromatic nitrogens is 2. The summed E-state index contributed by atoms with van der Waals surface area (Å²) >= 11 is 0. The molecule has 1 saturated heterocycles. The Hall–Kier alpha value is -4.02. The number of hydrogen-bond donors (Lipinski definition) is 1. The van der Waals surface area contributed by atoms with Crippen molar-refractivity contribution in [3.05, 3.63) is 72.5 Å². The Labute approximate surface area is 204 Å². The van der Waals surface area contributed by atoms with Crippen LogP contribution < -0.4 is 19.7 Å². The van der Waals surface area contributed by atoms with E-state index in [-0.39, 0.29) is 0 Å². The summed E-state index contributed by atoms with van der Waals surface area (Å²) in [4.78, 5) is 10.3. The Balaban J connectivity index is 1.51. The number of nitrogens with zero attached hydrogens (tertiary/aromatic N) is 4. The van der Waals surface area contributed by atoms with Crippen molar-refractivity contribution in [1.82, 2.24) is 14.7 Å². The molecule has 0 aliphatic carbocycles. The lowest BCUT2D eigenvalue weighted by atomic mass is 9.97. The van der Waals surface area contributed by atoms with Gasteiger partial charge in [0.15, 0.2) is 5.69 Å². The molecule has 0 bridgehead atoms. The largest absolute Gasteiger partial charge is 0.491 e. The van der Waals surface area contributed by atoms with Crippen LogP contribution >= 0.6 is 0 Å². The van der Waals surface area contributed by atoms with Crippen LogP contribution in [0.1, 0.15) is 6.42 Å². The Morgan fingerprint density at radius 2 is 2.03 bits per heavy atom. The molecule has 0 saturated carbocycles. The normalized spacial score (nSPS) is 17.1. The van der Waals surface area contributed by atoms with E-state index in [1.165, 1.54) is 0 Å². The molecule has 1 atom stereocenters. The number of hydrogen-bond acceptors (Lipinski definition) is 5. The fourth-order valence-electron chi connectivity index (χ4n) is 4.97. The first kappa shape index (κ1) is 21.5. The first-order chi connectivity index (χ1) is 17.2. The van der Waals surface area contributed by atoms with Crippen molar-refractivity contribution in [3.63, 3.8) is 0 Å². The zero-order chi connectivity index (χ0) is 23.8. The van der Waals surface area contributed by atoms with E-state index >= 15 is 0 Å². The first-order valence-electron chi connectivity index (χ1n) is 12.0. The van der Waals surface area contributed by atoms with Crippen LogP contribution in [0.3, 0.4) is 0 Å². The van der Waals surface area contributed by atoms with Gasteiger partial charge >= 0.3 is 0 Å². The van der Waals surface area contributed by atoms with Gasteiger partial charge in [-0.15, -0.1) is 0 Å². The molecule has 2 aromatic carbocycles. The van der Waals surface area contributed by atoms with Gasteiger partial charge in [-0.3, -0.25) is 4.40 Å². The van der Waals surface area contributed by atoms with Crippen LogP contribution in [0.2, 0.25) is 0 Å². The number of anilines is 1. The van der Waals surface area contributed by atoms with Gasteiger partial charge in [-0.25, -0.2) is 9.83 Å². The molecule has 7 nitrogen and oxygen atoms in total. The van der Waals surface area contributed by atoms with Crippen LogP contribution in [-0.4, -0.2) is 49.3 Å². The number of nitrogens with one attached hydrogen (secondary N) is 1. The van der Waals surface area contributed by atoms with Crippen LogP contribution in [0.4, 0.5) is 11.4 Å². The molecule has 0 unspecified atom stereocenters. The van der Waals surface area contributed by atoms with Crippen molar-refractivity contribution in [2.75, 3.05) is 44.8 Å². The second-order valence-corrected chi connectivity index (χ2v) is 9.20. The molecule has 7 heteroatoms. The molecule has 0 spiro atoms. The molecule has 2 aliphatic heterocycles. The van der Waals surface area contributed by atoms with Crippen LogP contribution in [0, 0.1) is 12.5 Å². The molecule has 6 rings (SSSR count). The van der Waals surface area contributed by atoms with Gasteiger partial charge in [0.05, 0.1) is 43.6 Å². The van der Waals surface area contributed by atoms with E-state index in [2.05, 4.69) is 55.8 Å². The summed E-state index contributed by atoms with van der Waals surface area (Å²) in [6.07, 6.45) is 4.83. The summed E-state index contributed by atoms with van der Waals surface area (Å²) in [5, 5.41) is 3.41. The lowest BCUT2D eigenvalue weighted by molar-refractivity contribution is 0.262. The highest BCUT2D eigenvalue weighted by molar-refractivity contribution is 5.87. The minimum atomic E-state index is 0.508. The van der Waals surface area contributed by atoms with Crippen LogP contribution in [0.5, 0.6) is 11.5 Å². The minimum Gasteiger partial charge on any atom is -0.491 e. The van der Waals surface area contributed by atoms with Gasteiger partial charge < -0.3 is 19.7 Å². The van der Waals surface area contributed by atoms with Crippen LogP contribution in [0.15, 0.2) is 61.1 Å². The summed E-state index contributed by atoms with van der Waals surface area (Å²) in [6, 6.07) is 16.2. The molecule has 176 valence electrons. The number of ether oxygens (including phenoxy) is 2. The van der Waals surface area contributed by atoms with Gasteiger partial charge in [-0.05, 0) is 36.7 Å². The second kappa shape index (κ2) is 8.97. The van der Waals surface area contributed by atoms with E-state index in [9.17, 15) is 0 Å². The SMILES string of the molecule is [C-]#[N+]c1ccc(-c2cc(OC[C@@H]3CCNC3)c3cncn3c2-c2ccc3c(c2)OCCN3C)cc1. The number of rotatable bonds is 5. The van der Waals surface area contributed by atoms with Crippen molar-refractivity contribution in [2.24, 2.45) is 5.92 Å². The van der Waals surface area contributed by atoms with Gasteiger partial charge in [-0.2, -0.15) is 0 Å². The Morgan fingerprint density at radius 1 is 1.17 bits per heavy atom. The molecule has 35 heavy (non-hydrogen) atoms. The highest BCUT2D eigenvalue weighted by Gasteiger charge is 2.22. The molecule has 2 aromatic heterocycles. The number of likely N-dealkylation sites (N-methyl/N-ethyl adjacent to an activating group) is 1. The maximum Gasteiger partial charge on any atom is 0.187 e. The van der Waals surface area contributed by atoms with Gasteiger partial charge in [-0.1, -0.05) is 30.3 Å². The topological polar surface area (TPSA) is 55.4 Å². The molecule has 0 radical (unpaired) electrons. The number of pyridine rings is 1. The standard InChI is InChI=1S/C28H27N5O2/c1-29-22-6-3-20(4-7-22)23-14-27(35-17-19-9-10-30-15-19)25-16-31-18-33(25)28(23)21-5-8-24-26(13-21)34-12-11-32(24)2/h3-8,13-14,16,18-19,30H,9-12,15,17H2,2H3/t19-/m1/s1. The van der Waals surface area contributed by atoms with E-state index in [4.69, 9.17) is 16.0 Å². The molecular formula is C28H27N5O2. The third-order valence-corrected chi connectivity index (χ3v) is 6.94. The van der Waals surface area contributed by atoms with Crippen molar-refractivity contribution in [3.8, 4) is 33.9 Å². The Kier molecular flexibility index (Phi) is 5.51. The van der Waals surface area contributed by atoms with Gasteiger partial charge in [0.25, 0.3) is 0 Å². The number of benzene rings is 2. The summed E-state index contributed by atoms with van der Waals surface area (Å²) in [7, 11) is 2.09. The van der Waals surface area contributed by atoms with E-state index in [1.807, 2.05) is 36.8 Å². The van der Waals surface area contributed by atoms with Crippen LogP contribution in [-0.2, 0) is 0 Å². The van der Waals surface area contributed by atoms with E-state index < -0.39 is 0 Å². The van der Waals surface area contributed by atoms with Crippen LogP contribution in [0.25, 0.3) is 32.7 Å². The van der Waals surface area contributed by atoms with E-state index in [0.717, 1.165) is 71.1 Å². The predicted molar refractivity (Wildman–Crippen MR) is 138 cm³/mol. The molecule has 1 N–H and O–H groups in total.